The van der Waals surface area contributed by atoms with E-state index in [1.54, 1.807) is 18.2 Å². The number of rotatable bonds is 9. The number of carbonyl (C=O) groups is 1. The van der Waals surface area contributed by atoms with E-state index in [2.05, 4.69) is 10.6 Å². The number of nitrogens with one attached hydrogen (secondary N) is 2. The van der Waals surface area contributed by atoms with E-state index < -0.39 is 10.0 Å². The zero-order chi connectivity index (χ0) is 20.0. The standard InChI is InChI=1S/C19H32N4O3S.ClH/c1-4-21-17-11-10-15(27(25,26)23(5-2)6-3)12-18(17)22-19(24)16-9-7-8-14(16)13-20;/h10-12,14,16,21H,4-9,13,20H2,1-3H3,(H,22,24);1H/t14-,16-;/m1./s1. The molecule has 0 aromatic heterocycles. The lowest BCUT2D eigenvalue weighted by atomic mass is 9.95. The summed E-state index contributed by atoms with van der Waals surface area (Å²) in [5.41, 5.74) is 7.01. The molecule has 0 heterocycles. The molecule has 1 aromatic carbocycles. The molecule has 2 atom stereocenters. The highest BCUT2D eigenvalue weighted by atomic mass is 35.5. The van der Waals surface area contributed by atoms with Crippen LogP contribution >= 0.6 is 12.4 Å². The number of sulfonamides is 1. The molecule has 0 saturated heterocycles. The molecule has 0 unspecified atom stereocenters. The average Bonchev–Trinajstić information content (AvgIpc) is 3.13. The van der Waals surface area contributed by atoms with Crippen LogP contribution in [-0.2, 0) is 14.8 Å². The molecule has 1 amide bonds. The van der Waals surface area contributed by atoms with E-state index in [9.17, 15) is 13.2 Å². The third-order valence-corrected chi connectivity index (χ3v) is 7.30. The first-order valence-corrected chi connectivity index (χ1v) is 11.2. The Morgan fingerprint density at radius 1 is 1.18 bits per heavy atom. The van der Waals surface area contributed by atoms with Gasteiger partial charge in [-0.05, 0) is 50.4 Å². The summed E-state index contributed by atoms with van der Waals surface area (Å²) in [6.07, 6.45) is 2.78. The Morgan fingerprint density at radius 3 is 2.43 bits per heavy atom. The first-order valence-electron chi connectivity index (χ1n) is 9.77. The third kappa shape index (κ3) is 5.37. The molecule has 2 rings (SSSR count). The summed E-state index contributed by atoms with van der Waals surface area (Å²) in [5, 5.41) is 6.13. The fraction of sp³-hybridized carbons (Fsp3) is 0.632. The summed E-state index contributed by atoms with van der Waals surface area (Å²) in [6.45, 7) is 7.53. The second-order valence-corrected chi connectivity index (χ2v) is 8.79. The topological polar surface area (TPSA) is 105 Å². The molecule has 1 aromatic rings. The summed E-state index contributed by atoms with van der Waals surface area (Å²) in [4.78, 5) is 13.0. The maximum absolute atomic E-state index is 12.8. The molecule has 0 spiro atoms. The van der Waals surface area contributed by atoms with Crippen molar-refractivity contribution in [1.82, 2.24) is 4.31 Å². The Kier molecular flexibility index (Phi) is 9.69. The lowest BCUT2D eigenvalue weighted by Gasteiger charge is -2.22. The molecule has 7 nitrogen and oxygen atoms in total. The number of halogens is 1. The van der Waals surface area contributed by atoms with Gasteiger partial charge in [-0.25, -0.2) is 8.42 Å². The van der Waals surface area contributed by atoms with Crippen LogP contribution in [-0.4, -0.2) is 44.8 Å². The molecule has 0 radical (unpaired) electrons. The van der Waals surface area contributed by atoms with Gasteiger partial charge in [-0.2, -0.15) is 4.31 Å². The Labute approximate surface area is 174 Å². The smallest absolute Gasteiger partial charge is 0.243 e. The number of carbonyl (C=O) groups excluding carboxylic acids is 1. The van der Waals surface area contributed by atoms with E-state index >= 15 is 0 Å². The molecule has 0 bridgehead atoms. The van der Waals surface area contributed by atoms with Gasteiger partial charge >= 0.3 is 0 Å². The number of amides is 1. The molecule has 1 fully saturated rings. The Morgan fingerprint density at radius 2 is 1.86 bits per heavy atom. The summed E-state index contributed by atoms with van der Waals surface area (Å²) in [5.74, 6) is -0.0119. The van der Waals surface area contributed by atoms with Crippen LogP contribution in [0.2, 0.25) is 0 Å². The van der Waals surface area contributed by atoms with Crippen LogP contribution in [0.4, 0.5) is 11.4 Å². The predicted molar refractivity (Wildman–Crippen MR) is 116 cm³/mol. The van der Waals surface area contributed by atoms with Crippen LogP contribution in [0.5, 0.6) is 0 Å². The number of nitrogens with zero attached hydrogens (tertiary/aromatic N) is 1. The van der Waals surface area contributed by atoms with Crippen molar-refractivity contribution in [2.75, 3.05) is 36.8 Å². The highest BCUT2D eigenvalue weighted by Gasteiger charge is 2.32. The van der Waals surface area contributed by atoms with Crippen LogP contribution in [0, 0.1) is 11.8 Å². The highest BCUT2D eigenvalue weighted by Crippen LogP contribution is 2.33. The van der Waals surface area contributed by atoms with Crippen molar-refractivity contribution in [1.29, 1.82) is 0 Å². The number of hydrogen-bond acceptors (Lipinski definition) is 5. The lowest BCUT2D eigenvalue weighted by Crippen LogP contribution is -2.31. The van der Waals surface area contributed by atoms with Gasteiger partial charge in [0, 0.05) is 25.6 Å². The normalized spacial score (nSPS) is 19.3. The lowest BCUT2D eigenvalue weighted by molar-refractivity contribution is -0.120. The van der Waals surface area contributed by atoms with Crippen molar-refractivity contribution in [3.8, 4) is 0 Å². The molecule has 1 aliphatic rings. The van der Waals surface area contributed by atoms with Gasteiger partial charge in [-0.1, -0.05) is 20.3 Å². The minimum atomic E-state index is -3.59. The van der Waals surface area contributed by atoms with E-state index in [0.29, 0.717) is 37.6 Å². The molecule has 1 aliphatic carbocycles. The minimum absolute atomic E-state index is 0. The van der Waals surface area contributed by atoms with Gasteiger partial charge < -0.3 is 16.4 Å². The maximum atomic E-state index is 12.8. The zero-order valence-electron chi connectivity index (χ0n) is 16.9. The fourth-order valence-corrected chi connectivity index (χ4v) is 5.22. The van der Waals surface area contributed by atoms with Crippen molar-refractivity contribution in [2.24, 2.45) is 17.6 Å². The minimum Gasteiger partial charge on any atom is -0.384 e. The first kappa shape index (κ1) is 24.7. The monoisotopic (exact) mass is 432 g/mol. The van der Waals surface area contributed by atoms with Crippen LogP contribution in [0.15, 0.2) is 23.1 Å². The number of hydrogen-bond donors (Lipinski definition) is 3. The van der Waals surface area contributed by atoms with E-state index in [4.69, 9.17) is 5.73 Å². The van der Waals surface area contributed by atoms with Crippen molar-refractivity contribution in [3.63, 3.8) is 0 Å². The molecule has 0 aliphatic heterocycles. The molecular formula is C19H33ClN4O3S. The van der Waals surface area contributed by atoms with Crippen LogP contribution in [0.25, 0.3) is 0 Å². The van der Waals surface area contributed by atoms with Crippen LogP contribution in [0.3, 0.4) is 0 Å². The molecule has 28 heavy (non-hydrogen) atoms. The quantitative estimate of drug-likeness (QED) is 0.556. The zero-order valence-corrected chi connectivity index (χ0v) is 18.5. The summed E-state index contributed by atoms with van der Waals surface area (Å²) >= 11 is 0. The van der Waals surface area contributed by atoms with Crippen molar-refractivity contribution < 1.29 is 13.2 Å². The third-order valence-electron chi connectivity index (χ3n) is 5.26. The molecular weight excluding hydrogens is 400 g/mol. The second-order valence-electron chi connectivity index (χ2n) is 6.85. The Bertz CT molecular complexity index is 754. The van der Waals surface area contributed by atoms with Gasteiger partial charge in [0.1, 0.15) is 0 Å². The predicted octanol–water partition coefficient (Wildman–Crippen LogP) is 2.88. The van der Waals surface area contributed by atoms with Crippen LogP contribution in [0.1, 0.15) is 40.0 Å². The number of anilines is 2. The van der Waals surface area contributed by atoms with Gasteiger partial charge in [0.25, 0.3) is 0 Å². The van der Waals surface area contributed by atoms with E-state index in [0.717, 1.165) is 19.3 Å². The number of nitrogens with two attached hydrogens (primary N) is 1. The van der Waals surface area contributed by atoms with Crippen molar-refractivity contribution >= 4 is 39.7 Å². The highest BCUT2D eigenvalue weighted by molar-refractivity contribution is 7.89. The number of benzene rings is 1. The van der Waals surface area contributed by atoms with Crippen molar-refractivity contribution in [3.05, 3.63) is 18.2 Å². The van der Waals surface area contributed by atoms with E-state index in [-0.39, 0.29) is 35.0 Å². The molecule has 4 N–H and O–H groups in total. The first-order chi connectivity index (χ1) is 12.9. The van der Waals surface area contributed by atoms with Gasteiger partial charge in [0.05, 0.1) is 16.3 Å². The molecule has 1 saturated carbocycles. The maximum Gasteiger partial charge on any atom is 0.243 e. The summed E-state index contributed by atoms with van der Waals surface area (Å²) < 4.78 is 27.1. The molecule has 160 valence electrons. The SMILES string of the molecule is CCNc1ccc(S(=O)(=O)N(CC)CC)cc1NC(=O)[C@@H]1CCC[C@@H]1CN.Cl. The summed E-state index contributed by atoms with van der Waals surface area (Å²) in [6, 6.07) is 4.85. The fourth-order valence-electron chi connectivity index (χ4n) is 3.73. The van der Waals surface area contributed by atoms with Gasteiger partial charge in [-0.15, -0.1) is 12.4 Å². The van der Waals surface area contributed by atoms with E-state index in [1.165, 1.54) is 4.31 Å². The van der Waals surface area contributed by atoms with Crippen LogP contribution < -0.4 is 16.4 Å². The second kappa shape index (κ2) is 11.0. The van der Waals surface area contributed by atoms with E-state index in [1.807, 2.05) is 20.8 Å². The van der Waals surface area contributed by atoms with Crippen molar-refractivity contribution in [2.45, 2.75) is 44.9 Å². The summed E-state index contributed by atoms with van der Waals surface area (Å²) in [7, 11) is -3.59. The largest absolute Gasteiger partial charge is 0.384 e. The van der Waals surface area contributed by atoms with Gasteiger partial charge in [0.2, 0.25) is 15.9 Å². The Balaban J connectivity index is 0.00000392. The molecule has 9 heteroatoms. The van der Waals surface area contributed by atoms with Gasteiger partial charge in [-0.3, -0.25) is 4.79 Å². The van der Waals surface area contributed by atoms with Gasteiger partial charge in [0.15, 0.2) is 0 Å². The average molecular weight is 433 g/mol. The Hall–Kier alpha value is -1.35.